The van der Waals surface area contributed by atoms with Gasteiger partial charge in [0.1, 0.15) is 17.0 Å². The summed E-state index contributed by atoms with van der Waals surface area (Å²) in [6.07, 6.45) is 7.73. The maximum Gasteiger partial charge on any atom is 0.268 e. The number of aliphatic hydroxyl groups excluding tert-OH is 1. The zero-order valence-electron chi connectivity index (χ0n) is 17.2. The smallest absolute Gasteiger partial charge is 0.268 e. The van der Waals surface area contributed by atoms with Gasteiger partial charge in [-0.25, -0.2) is 4.98 Å². The number of aliphatic hydroxyl groups is 1. The summed E-state index contributed by atoms with van der Waals surface area (Å²) < 4.78 is 3.41. The van der Waals surface area contributed by atoms with Crippen LogP contribution in [0.5, 0.6) is 0 Å². The van der Waals surface area contributed by atoms with Crippen molar-refractivity contribution < 1.29 is 9.90 Å². The van der Waals surface area contributed by atoms with Gasteiger partial charge in [-0.15, -0.1) is 0 Å². The minimum absolute atomic E-state index is 0.102. The van der Waals surface area contributed by atoms with Crippen LogP contribution in [-0.4, -0.2) is 41.8 Å². The second kappa shape index (κ2) is 8.47. The Morgan fingerprint density at radius 1 is 1.12 bits per heavy atom. The second-order valence-corrected chi connectivity index (χ2v) is 8.32. The lowest BCUT2D eigenvalue weighted by atomic mass is 10.1. The molecule has 0 aliphatic heterocycles. The molecule has 0 saturated carbocycles. The monoisotopic (exact) mass is 480 g/mol. The summed E-state index contributed by atoms with van der Waals surface area (Å²) in [6, 6.07) is 8.83. The highest BCUT2D eigenvalue weighted by atomic mass is 35.5. The number of amides is 1. The first-order chi connectivity index (χ1) is 16.0. The van der Waals surface area contributed by atoms with Gasteiger partial charge in [0.15, 0.2) is 0 Å². The third-order valence-electron chi connectivity index (χ3n) is 5.40. The molecule has 1 amide bonds. The first-order valence-corrected chi connectivity index (χ1v) is 10.9. The molecule has 0 radical (unpaired) electrons. The zero-order valence-corrected chi connectivity index (χ0v) is 18.8. The average molecular weight is 481 g/mol. The fraction of sp³-hybridized carbons (Fsp3) is 0.130. The van der Waals surface area contributed by atoms with E-state index in [4.69, 9.17) is 39.0 Å². The number of hydrogen-bond donors (Lipinski definition) is 2. The SMILES string of the molecule is NC(=O)c1c(-c2c(Cl)cccc2Cl)nc2c3cc(-c4cnn(CCCO)c4)cnc3ccn12. The number of halogens is 2. The minimum Gasteiger partial charge on any atom is -0.396 e. The molecule has 0 bridgehead atoms. The molecular formula is C23H18Cl2N6O2. The summed E-state index contributed by atoms with van der Waals surface area (Å²) in [7, 11) is 0. The van der Waals surface area contributed by atoms with Crippen molar-refractivity contribution in [2.45, 2.75) is 13.0 Å². The molecule has 0 aliphatic rings. The van der Waals surface area contributed by atoms with Gasteiger partial charge in [-0.2, -0.15) is 5.10 Å². The van der Waals surface area contributed by atoms with Crippen molar-refractivity contribution in [3.63, 3.8) is 0 Å². The Hall–Kier alpha value is -3.46. The maximum atomic E-state index is 12.4. The van der Waals surface area contributed by atoms with Crippen LogP contribution in [0, 0.1) is 0 Å². The van der Waals surface area contributed by atoms with Crippen molar-refractivity contribution in [3.05, 3.63) is 70.9 Å². The lowest BCUT2D eigenvalue weighted by Crippen LogP contribution is -2.15. The molecule has 166 valence electrons. The van der Waals surface area contributed by atoms with Crippen LogP contribution in [0.1, 0.15) is 16.9 Å². The van der Waals surface area contributed by atoms with Crippen molar-refractivity contribution in [2.24, 2.45) is 5.73 Å². The van der Waals surface area contributed by atoms with Crippen molar-refractivity contribution >= 4 is 45.7 Å². The van der Waals surface area contributed by atoms with Gasteiger partial charge in [-0.1, -0.05) is 29.3 Å². The van der Waals surface area contributed by atoms with E-state index >= 15 is 0 Å². The molecule has 5 aromatic rings. The van der Waals surface area contributed by atoms with Crippen LogP contribution in [-0.2, 0) is 6.54 Å². The lowest BCUT2D eigenvalue weighted by molar-refractivity contribution is 0.0995. The Labute approximate surface area is 198 Å². The van der Waals surface area contributed by atoms with Gasteiger partial charge in [-0.05, 0) is 30.7 Å². The van der Waals surface area contributed by atoms with Crippen LogP contribution >= 0.6 is 23.2 Å². The fourth-order valence-corrected chi connectivity index (χ4v) is 4.44. The number of carbonyl (C=O) groups is 1. The van der Waals surface area contributed by atoms with Gasteiger partial charge in [-0.3, -0.25) is 18.9 Å². The molecule has 5 rings (SSSR count). The second-order valence-electron chi connectivity index (χ2n) is 7.51. The number of nitrogens with zero attached hydrogens (tertiary/aromatic N) is 5. The summed E-state index contributed by atoms with van der Waals surface area (Å²) in [5.41, 5.74) is 9.61. The third-order valence-corrected chi connectivity index (χ3v) is 6.03. The number of benzene rings is 1. The standard InChI is InChI=1S/C23H18Cl2N6O2/c24-16-3-1-4-17(25)19(16)20-21(22(26)33)31-7-5-18-15(23(31)29-20)9-13(10-27-18)14-11-28-30(12-14)6-2-8-32/h1,3-5,7,9-12,32H,2,6,8H2,(H2,26,33). The largest absolute Gasteiger partial charge is 0.396 e. The number of nitrogens with two attached hydrogens (primary N) is 1. The molecule has 33 heavy (non-hydrogen) atoms. The van der Waals surface area contributed by atoms with Crippen LogP contribution in [0.2, 0.25) is 10.0 Å². The number of primary amides is 1. The number of aryl methyl sites for hydroxylation is 1. The first kappa shape index (κ1) is 21.4. The molecule has 10 heteroatoms. The summed E-state index contributed by atoms with van der Waals surface area (Å²) >= 11 is 12.8. The zero-order chi connectivity index (χ0) is 23.1. The average Bonchev–Trinajstić information content (AvgIpc) is 3.42. The van der Waals surface area contributed by atoms with Crippen LogP contribution in [0.25, 0.3) is 38.9 Å². The normalized spacial score (nSPS) is 11.5. The molecule has 3 N–H and O–H groups in total. The molecule has 0 aliphatic carbocycles. The molecule has 0 spiro atoms. The van der Waals surface area contributed by atoms with E-state index in [1.54, 1.807) is 51.9 Å². The first-order valence-electron chi connectivity index (χ1n) is 10.2. The van der Waals surface area contributed by atoms with Crippen LogP contribution < -0.4 is 5.73 Å². The Morgan fingerprint density at radius 3 is 2.64 bits per heavy atom. The summed E-state index contributed by atoms with van der Waals surface area (Å²) in [6.45, 7) is 0.719. The summed E-state index contributed by atoms with van der Waals surface area (Å²) in [5, 5.41) is 14.8. The number of hydrogen-bond acceptors (Lipinski definition) is 5. The highest BCUT2D eigenvalue weighted by Gasteiger charge is 2.23. The quantitative estimate of drug-likeness (QED) is 0.378. The fourth-order valence-electron chi connectivity index (χ4n) is 3.86. The lowest BCUT2D eigenvalue weighted by Gasteiger charge is -2.06. The van der Waals surface area contributed by atoms with Crippen LogP contribution in [0.3, 0.4) is 0 Å². The van der Waals surface area contributed by atoms with Gasteiger partial charge < -0.3 is 10.8 Å². The van der Waals surface area contributed by atoms with E-state index in [-0.39, 0.29) is 12.3 Å². The molecule has 0 fully saturated rings. The maximum absolute atomic E-state index is 12.4. The van der Waals surface area contributed by atoms with E-state index in [0.29, 0.717) is 45.4 Å². The predicted molar refractivity (Wildman–Crippen MR) is 127 cm³/mol. The Bertz CT molecular complexity index is 1500. The number of imidazole rings is 1. The molecule has 0 unspecified atom stereocenters. The van der Waals surface area contributed by atoms with E-state index in [0.717, 1.165) is 16.5 Å². The van der Waals surface area contributed by atoms with Gasteiger partial charge in [0.2, 0.25) is 0 Å². The number of carbonyl (C=O) groups excluding carboxylic acids is 1. The minimum atomic E-state index is -0.651. The Balaban J connectivity index is 1.73. The third kappa shape index (κ3) is 3.72. The van der Waals surface area contributed by atoms with Crippen molar-refractivity contribution in [1.29, 1.82) is 0 Å². The van der Waals surface area contributed by atoms with E-state index in [1.165, 1.54) is 0 Å². The summed E-state index contributed by atoms with van der Waals surface area (Å²) in [5.74, 6) is -0.651. The molecule has 0 atom stereocenters. The van der Waals surface area contributed by atoms with E-state index in [1.807, 2.05) is 12.3 Å². The number of aromatic nitrogens is 5. The number of rotatable bonds is 6. The highest BCUT2D eigenvalue weighted by Crippen LogP contribution is 2.37. The molecule has 0 saturated heterocycles. The van der Waals surface area contributed by atoms with Crippen molar-refractivity contribution in [3.8, 4) is 22.4 Å². The number of pyridine rings is 2. The van der Waals surface area contributed by atoms with Crippen molar-refractivity contribution in [1.82, 2.24) is 24.1 Å². The summed E-state index contributed by atoms with van der Waals surface area (Å²) in [4.78, 5) is 21.7. The Kier molecular flexibility index (Phi) is 5.49. The van der Waals surface area contributed by atoms with Crippen LogP contribution in [0.4, 0.5) is 0 Å². The van der Waals surface area contributed by atoms with Gasteiger partial charge in [0.25, 0.3) is 5.91 Å². The predicted octanol–water partition coefficient (Wildman–Crippen LogP) is 4.20. The van der Waals surface area contributed by atoms with E-state index in [2.05, 4.69) is 10.1 Å². The molecular weight excluding hydrogens is 463 g/mol. The van der Waals surface area contributed by atoms with Crippen molar-refractivity contribution in [2.75, 3.05) is 6.61 Å². The topological polar surface area (TPSA) is 111 Å². The van der Waals surface area contributed by atoms with Crippen LogP contribution in [0.15, 0.2) is 55.1 Å². The Morgan fingerprint density at radius 2 is 1.91 bits per heavy atom. The molecule has 8 nitrogen and oxygen atoms in total. The number of fused-ring (bicyclic) bond motifs is 3. The highest BCUT2D eigenvalue weighted by molar-refractivity contribution is 6.39. The molecule has 1 aromatic carbocycles. The van der Waals surface area contributed by atoms with E-state index < -0.39 is 5.91 Å². The molecule has 4 aromatic heterocycles. The van der Waals surface area contributed by atoms with E-state index in [9.17, 15) is 4.79 Å². The van der Waals surface area contributed by atoms with Gasteiger partial charge >= 0.3 is 0 Å². The molecule has 4 heterocycles. The van der Waals surface area contributed by atoms with Gasteiger partial charge in [0.05, 0.1) is 21.8 Å². The van der Waals surface area contributed by atoms with Gasteiger partial charge in [0, 0.05) is 53.8 Å².